The SMILES string of the molecule is Cn1c(CCC(=O)O)cc(/C=C\c2cccnc2)c1CCNS(=O)(=O)c1ccc(Cl)cc1. The van der Waals surface area contributed by atoms with E-state index in [1.165, 1.54) is 24.3 Å². The number of nitrogens with one attached hydrogen (secondary N) is 1. The minimum absolute atomic E-state index is 0.0201. The quantitative estimate of drug-likeness (QED) is 0.466. The summed E-state index contributed by atoms with van der Waals surface area (Å²) in [5.74, 6) is -0.865. The molecule has 2 N–H and O–H groups in total. The molecule has 3 aromatic rings. The Morgan fingerprint density at radius 1 is 1.19 bits per heavy atom. The first kappa shape index (κ1) is 23.7. The second kappa shape index (κ2) is 10.6. The molecular formula is C23H24ClN3O4S. The van der Waals surface area contributed by atoms with E-state index in [0.717, 1.165) is 22.5 Å². The molecule has 0 amide bonds. The van der Waals surface area contributed by atoms with Crippen LogP contribution in [-0.4, -0.2) is 35.6 Å². The van der Waals surface area contributed by atoms with E-state index < -0.39 is 16.0 Å². The number of sulfonamides is 1. The molecule has 0 saturated heterocycles. The average Bonchev–Trinajstić information content (AvgIpc) is 3.06. The van der Waals surface area contributed by atoms with Crippen LogP contribution in [0.25, 0.3) is 12.2 Å². The van der Waals surface area contributed by atoms with Crippen LogP contribution in [-0.2, 0) is 34.7 Å². The third-order valence-corrected chi connectivity index (χ3v) is 6.73. The monoisotopic (exact) mass is 473 g/mol. The largest absolute Gasteiger partial charge is 0.481 e. The molecule has 0 spiro atoms. The fourth-order valence-corrected chi connectivity index (χ4v) is 4.48. The van der Waals surface area contributed by atoms with Gasteiger partial charge in [-0.15, -0.1) is 0 Å². The Labute approximate surface area is 192 Å². The van der Waals surface area contributed by atoms with Gasteiger partial charge in [0.05, 0.1) is 11.3 Å². The normalized spacial score (nSPS) is 11.8. The zero-order chi connectivity index (χ0) is 23.1. The number of aromatic nitrogens is 2. The number of pyridine rings is 1. The molecule has 0 saturated carbocycles. The smallest absolute Gasteiger partial charge is 0.303 e. The van der Waals surface area contributed by atoms with Crippen molar-refractivity contribution in [3.05, 3.63) is 82.4 Å². The summed E-state index contributed by atoms with van der Waals surface area (Å²) >= 11 is 5.84. The van der Waals surface area contributed by atoms with Gasteiger partial charge in [-0.3, -0.25) is 9.78 Å². The number of benzene rings is 1. The third-order valence-electron chi connectivity index (χ3n) is 5.00. The van der Waals surface area contributed by atoms with E-state index in [9.17, 15) is 13.2 Å². The number of hydrogen-bond acceptors (Lipinski definition) is 4. The molecule has 0 aliphatic carbocycles. The second-order valence-corrected chi connectivity index (χ2v) is 9.42. The number of halogens is 1. The molecule has 1 aromatic carbocycles. The summed E-state index contributed by atoms with van der Waals surface area (Å²) < 4.78 is 29.7. The summed E-state index contributed by atoms with van der Waals surface area (Å²) in [5, 5.41) is 9.50. The average molecular weight is 474 g/mol. The third kappa shape index (κ3) is 6.29. The maximum Gasteiger partial charge on any atom is 0.303 e. The van der Waals surface area contributed by atoms with Crippen molar-refractivity contribution < 1.29 is 18.3 Å². The van der Waals surface area contributed by atoms with Crippen LogP contribution < -0.4 is 4.72 Å². The molecule has 3 rings (SSSR count). The number of aryl methyl sites for hydroxylation is 1. The minimum Gasteiger partial charge on any atom is -0.481 e. The maximum absolute atomic E-state index is 12.5. The van der Waals surface area contributed by atoms with Crippen LogP contribution in [0.3, 0.4) is 0 Å². The molecule has 0 fully saturated rings. The Kier molecular flexibility index (Phi) is 7.84. The van der Waals surface area contributed by atoms with Crippen LogP contribution in [0.15, 0.2) is 59.8 Å². The molecule has 2 aromatic heterocycles. The van der Waals surface area contributed by atoms with Crippen molar-refractivity contribution >= 4 is 39.7 Å². The van der Waals surface area contributed by atoms with E-state index in [-0.39, 0.29) is 17.9 Å². The van der Waals surface area contributed by atoms with Gasteiger partial charge in [-0.25, -0.2) is 13.1 Å². The van der Waals surface area contributed by atoms with Crippen molar-refractivity contribution in [3.63, 3.8) is 0 Å². The molecule has 0 atom stereocenters. The number of nitrogens with zero attached hydrogens (tertiary/aromatic N) is 2. The Balaban J connectivity index is 1.79. The van der Waals surface area contributed by atoms with Crippen LogP contribution in [0, 0.1) is 0 Å². The number of carboxylic acids is 1. The minimum atomic E-state index is -3.66. The summed E-state index contributed by atoms with van der Waals surface area (Å²) in [6.07, 6.45) is 8.13. The standard InChI is InChI=1S/C23H24ClN3O4S/c1-27-20(8-11-23(28)29)15-18(5-4-17-3-2-13-25-16-17)22(27)12-14-26-32(30,31)21-9-6-19(24)7-10-21/h2-7,9-10,13,15-16,26H,8,11-12,14H2,1H3,(H,28,29)/b5-4-. The van der Waals surface area contributed by atoms with E-state index in [1.807, 2.05) is 42.0 Å². The van der Waals surface area contributed by atoms with Crippen molar-refractivity contribution in [2.45, 2.75) is 24.2 Å². The van der Waals surface area contributed by atoms with Crippen molar-refractivity contribution in [1.29, 1.82) is 0 Å². The first-order valence-electron chi connectivity index (χ1n) is 9.99. The van der Waals surface area contributed by atoms with Gasteiger partial charge in [0.1, 0.15) is 0 Å². The molecule has 9 heteroatoms. The molecule has 0 aliphatic heterocycles. The molecule has 0 aliphatic rings. The zero-order valence-electron chi connectivity index (χ0n) is 17.5. The molecule has 0 radical (unpaired) electrons. The van der Waals surface area contributed by atoms with Crippen molar-refractivity contribution in [2.24, 2.45) is 7.05 Å². The van der Waals surface area contributed by atoms with E-state index in [4.69, 9.17) is 16.7 Å². The van der Waals surface area contributed by atoms with Crippen LogP contribution in [0.4, 0.5) is 0 Å². The van der Waals surface area contributed by atoms with E-state index >= 15 is 0 Å². The van der Waals surface area contributed by atoms with Gasteiger partial charge in [0, 0.05) is 48.8 Å². The number of rotatable bonds is 10. The maximum atomic E-state index is 12.5. The lowest BCUT2D eigenvalue weighted by atomic mass is 10.1. The molecule has 32 heavy (non-hydrogen) atoms. The lowest BCUT2D eigenvalue weighted by Gasteiger charge is -2.10. The fourth-order valence-electron chi connectivity index (χ4n) is 3.32. The van der Waals surface area contributed by atoms with Gasteiger partial charge < -0.3 is 9.67 Å². The van der Waals surface area contributed by atoms with Crippen molar-refractivity contribution in [2.75, 3.05) is 6.54 Å². The molecular weight excluding hydrogens is 450 g/mol. The summed E-state index contributed by atoms with van der Waals surface area (Å²) in [6, 6.07) is 11.7. The first-order chi connectivity index (χ1) is 15.3. The van der Waals surface area contributed by atoms with Gasteiger partial charge in [-0.2, -0.15) is 0 Å². The molecule has 2 heterocycles. The Hall–Kier alpha value is -2.94. The van der Waals surface area contributed by atoms with Gasteiger partial charge in [0.25, 0.3) is 0 Å². The highest BCUT2D eigenvalue weighted by molar-refractivity contribution is 7.89. The Bertz CT molecular complexity index is 1200. The Morgan fingerprint density at radius 2 is 1.94 bits per heavy atom. The molecule has 7 nitrogen and oxygen atoms in total. The fraction of sp³-hybridized carbons (Fsp3) is 0.217. The van der Waals surface area contributed by atoms with Crippen LogP contribution in [0.2, 0.25) is 5.02 Å². The molecule has 0 unspecified atom stereocenters. The molecule has 168 valence electrons. The predicted molar refractivity (Wildman–Crippen MR) is 125 cm³/mol. The zero-order valence-corrected chi connectivity index (χ0v) is 19.1. The number of carbonyl (C=O) groups is 1. The van der Waals surface area contributed by atoms with Crippen molar-refractivity contribution in [3.8, 4) is 0 Å². The topological polar surface area (TPSA) is 101 Å². The Morgan fingerprint density at radius 3 is 2.59 bits per heavy atom. The van der Waals surface area contributed by atoms with E-state index in [2.05, 4.69) is 9.71 Å². The van der Waals surface area contributed by atoms with Crippen molar-refractivity contribution in [1.82, 2.24) is 14.3 Å². The highest BCUT2D eigenvalue weighted by atomic mass is 35.5. The van der Waals surface area contributed by atoms with Crippen LogP contribution in [0.1, 0.15) is 28.9 Å². The summed E-state index contributed by atoms with van der Waals surface area (Å²) in [5.41, 5.74) is 3.61. The van der Waals surface area contributed by atoms with E-state index in [0.29, 0.717) is 17.9 Å². The van der Waals surface area contributed by atoms with E-state index in [1.54, 1.807) is 12.4 Å². The lowest BCUT2D eigenvalue weighted by Crippen LogP contribution is -2.26. The highest BCUT2D eigenvalue weighted by Gasteiger charge is 2.16. The van der Waals surface area contributed by atoms with Crippen LogP contribution in [0.5, 0.6) is 0 Å². The number of aliphatic carboxylic acids is 1. The lowest BCUT2D eigenvalue weighted by molar-refractivity contribution is -0.136. The second-order valence-electron chi connectivity index (χ2n) is 7.21. The van der Waals surface area contributed by atoms with Gasteiger partial charge in [0.15, 0.2) is 0 Å². The highest BCUT2D eigenvalue weighted by Crippen LogP contribution is 2.20. The number of hydrogen-bond donors (Lipinski definition) is 2. The van der Waals surface area contributed by atoms with Gasteiger partial charge >= 0.3 is 5.97 Å². The molecule has 0 bridgehead atoms. The summed E-state index contributed by atoms with van der Waals surface area (Å²) in [6.45, 7) is 0.189. The van der Waals surface area contributed by atoms with Crippen LogP contribution >= 0.6 is 11.6 Å². The first-order valence-corrected chi connectivity index (χ1v) is 11.8. The summed E-state index contributed by atoms with van der Waals surface area (Å²) in [4.78, 5) is 15.3. The van der Waals surface area contributed by atoms with Gasteiger partial charge in [-0.05, 0) is 53.9 Å². The van der Waals surface area contributed by atoms with Gasteiger partial charge in [0.2, 0.25) is 10.0 Å². The van der Waals surface area contributed by atoms with Gasteiger partial charge in [-0.1, -0.05) is 29.8 Å². The number of carboxylic acid groups (broad SMARTS) is 1. The predicted octanol–water partition coefficient (Wildman–Crippen LogP) is 3.78. The summed E-state index contributed by atoms with van der Waals surface area (Å²) in [7, 11) is -1.80.